The molecule has 7 nitrogen and oxygen atoms in total. The molecule has 0 unspecified atom stereocenters. The molecule has 0 bridgehead atoms. The maximum atomic E-state index is 5.37. The Labute approximate surface area is 164 Å². The van der Waals surface area contributed by atoms with Gasteiger partial charge in [-0.25, -0.2) is 4.98 Å². The largest absolute Gasteiger partial charge is 0.497 e. The lowest BCUT2D eigenvalue weighted by molar-refractivity contribution is 0.394. The highest BCUT2D eigenvalue weighted by Gasteiger charge is 2.04. The van der Waals surface area contributed by atoms with Crippen molar-refractivity contribution < 1.29 is 9.47 Å². The van der Waals surface area contributed by atoms with E-state index in [2.05, 4.69) is 37.9 Å². The van der Waals surface area contributed by atoms with Gasteiger partial charge < -0.3 is 14.8 Å². The molecule has 0 fully saturated rings. The third kappa shape index (κ3) is 5.20. The van der Waals surface area contributed by atoms with Crippen LogP contribution < -0.4 is 20.2 Å². The highest BCUT2D eigenvalue weighted by molar-refractivity contribution is 5.84. The smallest absolute Gasteiger partial charge is 0.225 e. The van der Waals surface area contributed by atoms with Crippen LogP contribution in [0.25, 0.3) is 0 Å². The highest BCUT2D eigenvalue weighted by Crippen LogP contribution is 2.23. The molecule has 0 spiro atoms. The fraction of sp³-hybridized carbons (Fsp3) is 0.190. The van der Waals surface area contributed by atoms with Crippen LogP contribution in [0.1, 0.15) is 16.8 Å². The molecule has 0 atom stereocenters. The molecule has 3 aromatic rings. The van der Waals surface area contributed by atoms with Crippen LogP contribution in [0.2, 0.25) is 0 Å². The van der Waals surface area contributed by atoms with E-state index in [1.807, 2.05) is 49.4 Å². The summed E-state index contributed by atoms with van der Waals surface area (Å²) in [5, 5.41) is 7.50. The highest BCUT2D eigenvalue weighted by atomic mass is 16.5. The van der Waals surface area contributed by atoms with Crippen molar-refractivity contribution in [3.63, 3.8) is 0 Å². The van der Waals surface area contributed by atoms with E-state index >= 15 is 0 Å². The van der Waals surface area contributed by atoms with Gasteiger partial charge in [0, 0.05) is 29.9 Å². The first-order valence-corrected chi connectivity index (χ1v) is 8.82. The van der Waals surface area contributed by atoms with E-state index in [1.165, 1.54) is 0 Å². The molecule has 2 N–H and O–H groups in total. The minimum atomic E-state index is 0.545. The van der Waals surface area contributed by atoms with E-state index in [1.54, 1.807) is 20.4 Å². The summed E-state index contributed by atoms with van der Waals surface area (Å²) in [7, 11) is 3.23. The number of nitrogens with one attached hydrogen (secondary N) is 2. The number of aryl methyl sites for hydroxylation is 1. The molecule has 0 aliphatic rings. The second-order valence-corrected chi connectivity index (χ2v) is 6.04. The van der Waals surface area contributed by atoms with Crippen LogP contribution in [-0.2, 0) is 6.54 Å². The number of anilines is 2. The molecule has 0 aliphatic heterocycles. The van der Waals surface area contributed by atoms with E-state index in [-0.39, 0.29) is 0 Å². The SMILES string of the molecule is COc1ccc(/C=N\Nc2cc(C)nc(NCc3ccccc3)n2)c(OC)c1. The lowest BCUT2D eigenvalue weighted by atomic mass is 10.2. The van der Waals surface area contributed by atoms with Crippen molar-refractivity contribution >= 4 is 18.0 Å². The van der Waals surface area contributed by atoms with E-state index in [0.29, 0.717) is 24.1 Å². The van der Waals surface area contributed by atoms with Gasteiger partial charge in [0.25, 0.3) is 0 Å². The van der Waals surface area contributed by atoms with E-state index < -0.39 is 0 Å². The van der Waals surface area contributed by atoms with Crippen molar-refractivity contribution in [1.82, 2.24) is 9.97 Å². The van der Waals surface area contributed by atoms with Gasteiger partial charge in [0.05, 0.1) is 20.4 Å². The minimum Gasteiger partial charge on any atom is -0.497 e. The molecule has 28 heavy (non-hydrogen) atoms. The third-order valence-corrected chi connectivity index (χ3v) is 3.97. The predicted molar refractivity (Wildman–Crippen MR) is 111 cm³/mol. The molecular formula is C21H23N5O2. The van der Waals surface area contributed by atoms with E-state index in [4.69, 9.17) is 9.47 Å². The normalized spacial score (nSPS) is 10.7. The molecule has 1 aromatic heterocycles. The summed E-state index contributed by atoms with van der Waals surface area (Å²) in [6.45, 7) is 2.56. The molecule has 0 aliphatic carbocycles. The van der Waals surface area contributed by atoms with Crippen molar-refractivity contribution in [3.05, 3.63) is 71.4 Å². The summed E-state index contributed by atoms with van der Waals surface area (Å²) >= 11 is 0. The Kier molecular flexibility index (Phi) is 6.41. The van der Waals surface area contributed by atoms with Gasteiger partial charge in [0.15, 0.2) is 5.82 Å². The van der Waals surface area contributed by atoms with Crippen molar-refractivity contribution in [2.75, 3.05) is 25.0 Å². The van der Waals surface area contributed by atoms with Gasteiger partial charge in [0.2, 0.25) is 5.95 Å². The molecule has 2 aromatic carbocycles. The van der Waals surface area contributed by atoms with Crippen LogP contribution in [-0.4, -0.2) is 30.4 Å². The summed E-state index contributed by atoms with van der Waals surface area (Å²) in [6.07, 6.45) is 1.67. The number of benzene rings is 2. The van der Waals surface area contributed by atoms with Crippen LogP contribution >= 0.6 is 0 Å². The first-order chi connectivity index (χ1) is 13.7. The van der Waals surface area contributed by atoms with Crippen molar-refractivity contribution in [2.45, 2.75) is 13.5 Å². The molecule has 3 rings (SSSR count). The molecule has 0 saturated heterocycles. The van der Waals surface area contributed by atoms with Crippen molar-refractivity contribution in [3.8, 4) is 11.5 Å². The van der Waals surface area contributed by atoms with Crippen LogP contribution in [0.5, 0.6) is 11.5 Å². The zero-order valence-corrected chi connectivity index (χ0v) is 16.1. The zero-order chi connectivity index (χ0) is 19.8. The quantitative estimate of drug-likeness (QED) is 0.458. The summed E-state index contributed by atoms with van der Waals surface area (Å²) < 4.78 is 10.6. The van der Waals surface area contributed by atoms with E-state index in [0.717, 1.165) is 22.6 Å². The summed E-state index contributed by atoms with van der Waals surface area (Å²) in [4.78, 5) is 8.87. The first kappa shape index (κ1) is 19.2. The molecule has 7 heteroatoms. The Hall–Kier alpha value is -3.61. The Bertz CT molecular complexity index is 945. The molecular weight excluding hydrogens is 354 g/mol. The lowest BCUT2D eigenvalue weighted by Crippen LogP contribution is -2.06. The Morgan fingerprint density at radius 1 is 1.00 bits per heavy atom. The number of rotatable bonds is 8. The summed E-state index contributed by atoms with van der Waals surface area (Å²) in [6, 6.07) is 17.5. The molecule has 0 amide bonds. The summed E-state index contributed by atoms with van der Waals surface area (Å²) in [5.41, 5.74) is 5.76. The fourth-order valence-electron chi connectivity index (χ4n) is 2.57. The van der Waals surface area contributed by atoms with Gasteiger partial charge in [0.1, 0.15) is 11.5 Å². The zero-order valence-electron chi connectivity index (χ0n) is 16.1. The van der Waals surface area contributed by atoms with Gasteiger partial charge in [-0.2, -0.15) is 10.1 Å². The van der Waals surface area contributed by atoms with Crippen LogP contribution in [0.3, 0.4) is 0 Å². The van der Waals surface area contributed by atoms with Crippen LogP contribution in [0, 0.1) is 6.92 Å². The number of ether oxygens (including phenoxy) is 2. The predicted octanol–water partition coefficient (Wildman–Crippen LogP) is 3.86. The van der Waals surface area contributed by atoms with Crippen LogP contribution in [0.15, 0.2) is 59.7 Å². The average Bonchev–Trinajstić information content (AvgIpc) is 2.73. The Balaban J connectivity index is 1.67. The third-order valence-electron chi connectivity index (χ3n) is 3.97. The number of hydrazone groups is 1. The summed E-state index contributed by atoms with van der Waals surface area (Å²) in [5.74, 6) is 2.55. The second kappa shape index (κ2) is 9.36. The van der Waals surface area contributed by atoms with E-state index in [9.17, 15) is 0 Å². The van der Waals surface area contributed by atoms with Gasteiger partial charge in [-0.05, 0) is 24.6 Å². The Morgan fingerprint density at radius 3 is 2.57 bits per heavy atom. The topological polar surface area (TPSA) is 80.7 Å². The molecule has 144 valence electrons. The second-order valence-electron chi connectivity index (χ2n) is 6.04. The number of aromatic nitrogens is 2. The number of hydrogen-bond donors (Lipinski definition) is 2. The lowest BCUT2D eigenvalue weighted by Gasteiger charge is -2.08. The Morgan fingerprint density at radius 2 is 1.82 bits per heavy atom. The average molecular weight is 377 g/mol. The number of methoxy groups -OCH3 is 2. The van der Waals surface area contributed by atoms with Gasteiger partial charge in [-0.3, -0.25) is 5.43 Å². The van der Waals surface area contributed by atoms with Gasteiger partial charge in [-0.1, -0.05) is 30.3 Å². The maximum Gasteiger partial charge on any atom is 0.225 e. The number of hydrogen-bond acceptors (Lipinski definition) is 7. The molecule has 1 heterocycles. The van der Waals surface area contributed by atoms with Crippen molar-refractivity contribution in [2.24, 2.45) is 5.10 Å². The monoisotopic (exact) mass is 377 g/mol. The maximum absolute atomic E-state index is 5.37. The standard InChI is InChI=1S/C21H23N5O2/c1-15-11-20(25-21(24-15)22-13-16-7-5-4-6-8-16)26-23-14-17-9-10-18(27-2)12-19(17)28-3/h4-12,14H,13H2,1-3H3,(H2,22,24,25,26)/b23-14-. The minimum absolute atomic E-state index is 0.545. The van der Waals surface area contributed by atoms with Gasteiger partial charge in [-0.15, -0.1) is 0 Å². The van der Waals surface area contributed by atoms with Gasteiger partial charge >= 0.3 is 0 Å². The fourth-order valence-corrected chi connectivity index (χ4v) is 2.57. The molecule has 0 saturated carbocycles. The van der Waals surface area contributed by atoms with Crippen molar-refractivity contribution in [1.29, 1.82) is 0 Å². The molecule has 0 radical (unpaired) electrons. The van der Waals surface area contributed by atoms with Crippen LogP contribution in [0.4, 0.5) is 11.8 Å². The first-order valence-electron chi connectivity index (χ1n) is 8.82. The number of nitrogens with zero attached hydrogens (tertiary/aromatic N) is 3.